The van der Waals surface area contributed by atoms with E-state index in [0.29, 0.717) is 29.3 Å². The van der Waals surface area contributed by atoms with Crippen LogP contribution in [0.4, 0.5) is 5.69 Å². The van der Waals surface area contributed by atoms with Crippen LogP contribution < -0.4 is 4.72 Å². The van der Waals surface area contributed by atoms with Gasteiger partial charge in [-0.05, 0) is 34.6 Å². The molecule has 2 heterocycles. The van der Waals surface area contributed by atoms with Gasteiger partial charge < -0.3 is 0 Å². The minimum atomic E-state index is -3.68. The van der Waals surface area contributed by atoms with Crippen molar-refractivity contribution in [3.8, 4) is 0 Å². The van der Waals surface area contributed by atoms with Gasteiger partial charge in [-0.1, -0.05) is 0 Å². The Labute approximate surface area is 125 Å². The first-order valence-electron chi connectivity index (χ1n) is 6.76. The predicted molar refractivity (Wildman–Crippen MR) is 80.9 cm³/mol. The Morgan fingerprint density at radius 1 is 1.05 bits per heavy atom. The maximum atomic E-state index is 12.7. The lowest BCUT2D eigenvalue weighted by Crippen LogP contribution is -2.16. The van der Waals surface area contributed by atoms with Crippen molar-refractivity contribution in [2.75, 3.05) is 4.72 Å². The molecule has 0 fully saturated rings. The van der Waals surface area contributed by atoms with Crippen molar-refractivity contribution in [3.05, 3.63) is 22.8 Å². The molecule has 0 aromatic carbocycles. The van der Waals surface area contributed by atoms with Gasteiger partial charge in [-0.2, -0.15) is 10.2 Å². The number of nitrogens with one attached hydrogen (secondary N) is 1. The Bertz CT molecular complexity index is 786. The number of hydrogen-bond acceptors (Lipinski definition) is 4. The summed E-state index contributed by atoms with van der Waals surface area (Å²) >= 11 is 0. The molecule has 116 valence electrons. The van der Waals surface area contributed by atoms with Gasteiger partial charge in [-0.25, -0.2) is 8.42 Å². The minimum absolute atomic E-state index is 0.230. The molecule has 0 aliphatic carbocycles. The molecule has 0 bridgehead atoms. The van der Waals surface area contributed by atoms with Crippen molar-refractivity contribution in [2.45, 2.75) is 46.1 Å². The van der Waals surface area contributed by atoms with Crippen LogP contribution in [0.15, 0.2) is 4.90 Å². The van der Waals surface area contributed by atoms with Crippen LogP contribution in [-0.4, -0.2) is 28.0 Å². The first-order valence-corrected chi connectivity index (χ1v) is 8.24. The van der Waals surface area contributed by atoms with Crippen molar-refractivity contribution in [3.63, 3.8) is 0 Å². The van der Waals surface area contributed by atoms with E-state index in [1.165, 1.54) is 0 Å². The van der Waals surface area contributed by atoms with Crippen LogP contribution in [0.2, 0.25) is 0 Å². The van der Waals surface area contributed by atoms with Crippen LogP contribution >= 0.6 is 0 Å². The number of aromatic nitrogens is 4. The second-order valence-electron chi connectivity index (χ2n) is 5.09. The lowest BCUT2D eigenvalue weighted by molar-refractivity contribution is 0.599. The smallest absolute Gasteiger partial charge is 0.265 e. The second-order valence-corrected chi connectivity index (χ2v) is 6.71. The minimum Gasteiger partial charge on any atom is -0.276 e. The monoisotopic (exact) mass is 311 g/mol. The Balaban J connectivity index is 2.50. The number of hydrogen-bond donors (Lipinski definition) is 1. The Hall–Kier alpha value is -1.83. The molecule has 0 aliphatic heterocycles. The highest BCUT2D eigenvalue weighted by Crippen LogP contribution is 2.26. The fraction of sp³-hybridized carbons (Fsp3) is 0.538. The van der Waals surface area contributed by atoms with E-state index >= 15 is 0 Å². The third kappa shape index (κ3) is 2.55. The number of anilines is 1. The topological polar surface area (TPSA) is 81.8 Å². The van der Waals surface area contributed by atoms with Crippen molar-refractivity contribution in [2.24, 2.45) is 7.05 Å². The SMILES string of the molecule is CCn1nc(C)c(NS(=O)(=O)c2c(C)nn(C)c2C)c1C. The average Bonchev–Trinajstić information content (AvgIpc) is 2.79. The van der Waals surface area contributed by atoms with E-state index in [1.807, 2.05) is 13.8 Å². The van der Waals surface area contributed by atoms with E-state index in [0.717, 1.165) is 5.69 Å². The van der Waals surface area contributed by atoms with Gasteiger partial charge in [0.1, 0.15) is 4.90 Å². The first kappa shape index (κ1) is 15.6. The quantitative estimate of drug-likeness (QED) is 0.931. The summed E-state index contributed by atoms with van der Waals surface area (Å²) in [5.74, 6) is 0. The van der Waals surface area contributed by atoms with Gasteiger partial charge in [0.2, 0.25) is 0 Å². The molecule has 0 atom stereocenters. The fourth-order valence-electron chi connectivity index (χ4n) is 2.48. The Morgan fingerprint density at radius 3 is 2.10 bits per heavy atom. The zero-order valence-corrected chi connectivity index (χ0v) is 14.0. The summed E-state index contributed by atoms with van der Waals surface area (Å²) in [6.45, 7) is 9.73. The van der Waals surface area contributed by atoms with Gasteiger partial charge in [-0.3, -0.25) is 14.1 Å². The summed E-state index contributed by atoms with van der Waals surface area (Å²) in [6, 6.07) is 0. The molecule has 0 saturated carbocycles. The molecule has 0 aliphatic rings. The standard InChI is InChI=1S/C13H21N5O2S/c1-7-18-10(4)12(8(2)15-18)16-21(19,20)13-9(3)14-17(6)11(13)5/h16H,7H2,1-6H3. The highest BCUT2D eigenvalue weighted by atomic mass is 32.2. The summed E-state index contributed by atoms with van der Waals surface area (Å²) in [4.78, 5) is 0.230. The summed E-state index contributed by atoms with van der Waals surface area (Å²) in [7, 11) is -1.95. The number of nitrogens with zero attached hydrogens (tertiary/aromatic N) is 4. The van der Waals surface area contributed by atoms with Crippen molar-refractivity contribution in [1.29, 1.82) is 0 Å². The van der Waals surface area contributed by atoms with Gasteiger partial charge in [0.25, 0.3) is 10.0 Å². The predicted octanol–water partition coefficient (Wildman–Crippen LogP) is 1.67. The van der Waals surface area contributed by atoms with E-state index in [-0.39, 0.29) is 4.90 Å². The molecule has 7 nitrogen and oxygen atoms in total. The van der Waals surface area contributed by atoms with Crippen molar-refractivity contribution < 1.29 is 8.42 Å². The maximum Gasteiger partial charge on any atom is 0.265 e. The largest absolute Gasteiger partial charge is 0.276 e. The summed E-state index contributed by atoms with van der Waals surface area (Å²) in [6.07, 6.45) is 0. The Kier molecular flexibility index (Phi) is 3.83. The molecule has 0 spiro atoms. The molecule has 8 heteroatoms. The second kappa shape index (κ2) is 5.18. The van der Waals surface area contributed by atoms with Crippen LogP contribution in [0, 0.1) is 27.7 Å². The molecular weight excluding hydrogens is 290 g/mol. The molecular formula is C13H21N5O2S. The summed E-state index contributed by atoms with van der Waals surface area (Å²) in [5, 5.41) is 8.49. The van der Waals surface area contributed by atoms with Crippen molar-refractivity contribution in [1.82, 2.24) is 19.6 Å². The van der Waals surface area contributed by atoms with Gasteiger partial charge in [-0.15, -0.1) is 0 Å². The van der Waals surface area contributed by atoms with Gasteiger partial charge in [0, 0.05) is 13.6 Å². The van der Waals surface area contributed by atoms with Crippen LogP contribution in [0.5, 0.6) is 0 Å². The Morgan fingerprint density at radius 2 is 1.67 bits per heavy atom. The third-order valence-electron chi connectivity index (χ3n) is 3.63. The van der Waals surface area contributed by atoms with E-state index < -0.39 is 10.0 Å². The molecule has 21 heavy (non-hydrogen) atoms. The molecule has 0 amide bonds. The molecule has 0 radical (unpaired) electrons. The molecule has 2 rings (SSSR count). The molecule has 0 saturated heterocycles. The van der Waals surface area contributed by atoms with Gasteiger partial charge >= 0.3 is 0 Å². The normalized spacial score (nSPS) is 11.9. The fourth-order valence-corrected chi connectivity index (χ4v) is 4.10. The molecule has 2 aromatic heterocycles. The van der Waals surface area contributed by atoms with Crippen LogP contribution in [0.25, 0.3) is 0 Å². The molecule has 0 unspecified atom stereocenters. The highest BCUT2D eigenvalue weighted by molar-refractivity contribution is 7.92. The van der Waals surface area contributed by atoms with E-state index in [9.17, 15) is 8.42 Å². The summed E-state index contributed by atoms with van der Waals surface area (Å²) in [5.41, 5.74) is 3.10. The van der Waals surface area contributed by atoms with Gasteiger partial charge in [0.05, 0.1) is 28.5 Å². The van der Waals surface area contributed by atoms with Crippen LogP contribution in [0.1, 0.15) is 29.7 Å². The first-order chi connectivity index (χ1) is 9.69. The van der Waals surface area contributed by atoms with E-state index in [2.05, 4.69) is 14.9 Å². The van der Waals surface area contributed by atoms with E-state index in [1.54, 1.807) is 37.2 Å². The highest BCUT2D eigenvalue weighted by Gasteiger charge is 2.26. The van der Waals surface area contributed by atoms with Crippen LogP contribution in [-0.2, 0) is 23.6 Å². The van der Waals surface area contributed by atoms with Crippen molar-refractivity contribution >= 4 is 15.7 Å². The summed E-state index contributed by atoms with van der Waals surface area (Å²) < 4.78 is 31.3. The number of aryl methyl sites for hydroxylation is 4. The zero-order valence-electron chi connectivity index (χ0n) is 13.2. The van der Waals surface area contributed by atoms with Gasteiger partial charge in [0.15, 0.2) is 0 Å². The molecule has 2 aromatic rings. The maximum absolute atomic E-state index is 12.7. The lowest BCUT2D eigenvalue weighted by atomic mass is 10.3. The lowest BCUT2D eigenvalue weighted by Gasteiger charge is -2.09. The van der Waals surface area contributed by atoms with Crippen LogP contribution in [0.3, 0.4) is 0 Å². The average molecular weight is 311 g/mol. The number of rotatable bonds is 4. The van der Waals surface area contributed by atoms with E-state index in [4.69, 9.17) is 0 Å². The number of sulfonamides is 1. The molecule has 1 N–H and O–H groups in total. The third-order valence-corrected chi connectivity index (χ3v) is 5.23. The zero-order chi connectivity index (χ0) is 15.9.